The number of ether oxygens (including phenoxy) is 2. The molecule has 0 atom stereocenters. The number of hydrogen-bond donors (Lipinski definition) is 0. The topological polar surface area (TPSA) is 35.5 Å². The van der Waals surface area contributed by atoms with Crippen molar-refractivity contribution in [1.29, 1.82) is 0 Å². The number of carbonyl (C=O) groups is 1. The maximum absolute atomic E-state index is 11.5. The van der Waals surface area contributed by atoms with Gasteiger partial charge in [-0.25, -0.2) is 0 Å². The van der Waals surface area contributed by atoms with E-state index in [1.165, 1.54) is 0 Å². The van der Waals surface area contributed by atoms with Crippen LogP contribution in [0, 0.1) is 0 Å². The van der Waals surface area contributed by atoms with Gasteiger partial charge in [0.1, 0.15) is 0 Å². The first-order valence-corrected chi connectivity index (χ1v) is 4.46. The summed E-state index contributed by atoms with van der Waals surface area (Å²) >= 11 is 0. The molecule has 0 unspecified atom stereocenters. The van der Waals surface area contributed by atoms with Gasteiger partial charge in [0.2, 0.25) is 0 Å². The molecule has 74 valence electrons. The average Bonchev–Trinajstić information content (AvgIpc) is 2.55. The first-order valence-electron chi connectivity index (χ1n) is 4.46. The zero-order valence-corrected chi connectivity index (χ0v) is 8.42. The molecule has 0 aliphatic carbocycles. The van der Waals surface area contributed by atoms with Crippen LogP contribution in [-0.4, -0.2) is 25.1 Å². The Balaban J connectivity index is 2.50. The van der Waals surface area contributed by atoms with E-state index in [1.54, 1.807) is 7.11 Å². The van der Waals surface area contributed by atoms with Crippen LogP contribution in [0.4, 0.5) is 0 Å². The highest BCUT2D eigenvalue weighted by atomic mass is 16.5. The summed E-state index contributed by atoms with van der Waals surface area (Å²) in [5.74, 6) is 0.537. The van der Waals surface area contributed by atoms with E-state index in [0.717, 1.165) is 6.42 Å². The van der Waals surface area contributed by atoms with Crippen LogP contribution < -0.4 is 0 Å². The molecule has 0 fully saturated rings. The fourth-order valence-electron chi connectivity index (χ4n) is 1.16. The molecule has 0 N–H and O–H groups in total. The van der Waals surface area contributed by atoms with Crippen LogP contribution in [0.15, 0.2) is 11.8 Å². The first-order chi connectivity index (χ1) is 6.05. The number of rotatable bonds is 4. The Kier molecular flexibility index (Phi) is 3.09. The molecule has 13 heavy (non-hydrogen) atoms. The van der Waals surface area contributed by atoms with Crippen LogP contribution in [0.1, 0.15) is 26.7 Å². The number of allylic oxidation sites excluding steroid dienone is 1. The van der Waals surface area contributed by atoms with Crippen LogP contribution >= 0.6 is 0 Å². The van der Waals surface area contributed by atoms with Crippen molar-refractivity contribution >= 4 is 5.78 Å². The van der Waals surface area contributed by atoms with E-state index in [4.69, 9.17) is 9.47 Å². The van der Waals surface area contributed by atoms with Crippen LogP contribution in [0.25, 0.3) is 0 Å². The molecule has 1 rings (SSSR count). The monoisotopic (exact) mass is 184 g/mol. The molecule has 0 spiro atoms. The fourth-order valence-corrected chi connectivity index (χ4v) is 1.16. The summed E-state index contributed by atoms with van der Waals surface area (Å²) in [5.41, 5.74) is -0.399. The maximum atomic E-state index is 11.5. The Bertz CT molecular complexity index is 228. The van der Waals surface area contributed by atoms with Gasteiger partial charge in [-0.05, 0) is 19.9 Å². The molecule has 1 heterocycles. The molecular weight excluding hydrogens is 168 g/mol. The molecule has 0 amide bonds. The standard InChI is InChI=1S/C10H16O3/c1-10(2,12-3)7-8(11)9-5-4-6-13-9/h5H,4,6-7H2,1-3H3. The van der Waals surface area contributed by atoms with E-state index in [0.29, 0.717) is 18.8 Å². The summed E-state index contributed by atoms with van der Waals surface area (Å²) in [6.45, 7) is 4.41. The second-order valence-electron chi connectivity index (χ2n) is 3.77. The average molecular weight is 184 g/mol. The number of ketones is 1. The molecule has 1 aliphatic heterocycles. The Morgan fingerprint density at radius 3 is 2.85 bits per heavy atom. The summed E-state index contributed by atoms with van der Waals surface area (Å²) in [6.07, 6.45) is 3.05. The van der Waals surface area contributed by atoms with Crippen molar-refractivity contribution in [2.45, 2.75) is 32.3 Å². The van der Waals surface area contributed by atoms with Gasteiger partial charge < -0.3 is 9.47 Å². The van der Waals surface area contributed by atoms with Crippen molar-refractivity contribution < 1.29 is 14.3 Å². The lowest BCUT2D eigenvalue weighted by atomic mass is 10.0. The molecular formula is C10H16O3. The lowest BCUT2D eigenvalue weighted by Gasteiger charge is -2.21. The van der Waals surface area contributed by atoms with E-state index >= 15 is 0 Å². The van der Waals surface area contributed by atoms with Crippen molar-refractivity contribution in [3.8, 4) is 0 Å². The van der Waals surface area contributed by atoms with Crippen LogP contribution in [0.3, 0.4) is 0 Å². The highest BCUT2D eigenvalue weighted by Crippen LogP contribution is 2.19. The second-order valence-corrected chi connectivity index (χ2v) is 3.77. The van der Waals surface area contributed by atoms with E-state index in [-0.39, 0.29) is 5.78 Å². The predicted octanol–water partition coefficient (Wildman–Crippen LogP) is 1.67. The zero-order valence-electron chi connectivity index (χ0n) is 8.42. The van der Waals surface area contributed by atoms with Crippen molar-refractivity contribution in [1.82, 2.24) is 0 Å². The molecule has 3 nitrogen and oxygen atoms in total. The van der Waals surface area contributed by atoms with Gasteiger partial charge in [0.15, 0.2) is 11.5 Å². The van der Waals surface area contributed by atoms with Gasteiger partial charge in [0.25, 0.3) is 0 Å². The van der Waals surface area contributed by atoms with E-state index in [2.05, 4.69) is 0 Å². The summed E-state index contributed by atoms with van der Waals surface area (Å²) in [4.78, 5) is 11.5. The molecule has 0 aromatic carbocycles. The largest absolute Gasteiger partial charge is 0.490 e. The van der Waals surface area contributed by atoms with Crippen LogP contribution in [0.2, 0.25) is 0 Å². The number of Topliss-reactive ketones (excluding diaryl/α,β-unsaturated/α-hetero) is 1. The minimum atomic E-state index is -0.399. The quantitative estimate of drug-likeness (QED) is 0.666. The SMILES string of the molecule is COC(C)(C)CC(=O)C1=CCCO1. The Morgan fingerprint density at radius 2 is 2.38 bits per heavy atom. The molecule has 0 aromatic heterocycles. The summed E-state index contributed by atoms with van der Waals surface area (Å²) in [6, 6.07) is 0. The van der Waals surface area contributed by atoms with Gasteiger partial charge in [0.05, 0.1) is 12.2 Å². The molecule has 0 aromatic rings. The molecule has 0 bridgehead atoms. The van der Waals surface area contributed by atoms with Gasteiger partial charge in [-0.3, -0.25) is 4.79 Å². The highest BCUT2D eigenvalue weighted by molar-refractivity contribution is 5.94. The van der Waals surface area contributed by atoms with Gasteiger partial charge >= 0.3 is 0 Å². The highest BCUT2D eigenvalue weighted by Gasteiger charge is 2.25. The molecule has 1 aliphatic rings. The molecule has 0 saturated carbocycles. The number of hydrogen-bond acceptors (Lipinski definition) is 3. The zero-order chi connectivity index (χ0) is 9.90. The third-order valence-electron chi connectivity index (χ3n) is 2.12. The number of carbonyl (C=O) groups excluding carboxylic acids is 1. The summed E-state index contributed by atoms with van der Waals surface area (Å²) < 4.78 is 10.3. The van der Waals surface area contributed by atoms with Gasteiger partial charge in [-0.15, -0.1) is 0 Å². The summed E-state index contributed by atoms with van der Waals surface area (Å²) in [5, 5.41) is 0. The minimum Gasteiger partial charge on any atom is -0.490 e. The van der Waals surface area contributed by atoms with Crippen molar-refractivity contribution in [2.24, 2.45) is 0 Å². The lowest BCUT2D eigenvalue weighted by molar-refractivity contribution is -0.123. The lowest BCUT2D eigenvalue weighted by Crippen LogP contribution is -2.27. The first kappa shape index (κ1) is 10.3. The van der Waals surface area contributed by atoms with Crippen LogP contribution in [0.5, 0.6) is 0 Å². The second kappa shape index (κ2) is 3.92. The van der Waals surface area contributed by atoms with Gasteiger partial charge in [-0.2, -0.15) is 0 Å². The fraction of sp³-hybridized carbons (Fsp3) is 0.700. The van der Waals surface area contributed by atoms with E-state index < -0.39 is 5.60 Å². The van der Waals surface area contributed by atoms with Crippen molar-refractivity contribution in [3.05, 3.63) is 11.8 Å². The third kappa shape index (κ3) is 2.84. The smallest absolute Gasteiger partial charge is 0.199 e. The molecule has 0 radical (unpaired) electrons. The Hall–Kier alpha value is -0.830. The minimum absolute atomic E-state index is 0.0318. The predicted molar refractivity (Wildman–Crippen MR) is 49.4 cm³/mol. The van der Waals surface area contributed by atoms with Crippen LogP contribution in [-0.2, 0) is 14.3 Å². The normalized spacial score (nSPS) is 16.7. The van der Waals surface area contributed by atoms with Crippen molar-refractivity contribution in [2.75, 3.05) is 13.7 Å². The van der Waals surface area contributed by atoms with E-state index in [1.807, 2.05) is 19.9 Å². The molecule has 3 heteroatoms. The molecule has 0 saturated heterocycles. The Labute approximate surface area is 78.7 Å². The Morgan fingerprint density at radius 1 is 1.69 bits per heavy atom. The maximum Gasteiger partial charge on any atom is 0.199 e. The van der Waals surface area contributed by atoms with Gasteiger partial charge in [-0.1, -0.05) is 0 Å². The summed E-state index contributed by atoms with van der Waals surface area (Å²) in [7, 11) is 1.61. The number of methoxy groups -OCH3 is 1. The third-order valence-corrected chi connectivity index (χ3v) is 2.12. The van der Waals surface area contributed by atoms with E-state index in [9.17, 15) is 4.79 Å². The van der Waals surface area contributed by atoms with Crippen molar-refractivity contribution in [3.63, 3.8) is 0 Å². The van der Waals surface area contributed by atoms with Gasteiger partial charge in [0, 0.05) is 20.0 Å².